The van der Waals surface area contributed by atoms with Crippen LogP contribution in [-0.2, 0) is 18.2 Å². The van der Waals surface area contributed by atoms with Gasteiger partial charge in [0.05, 0.1) is 0 Å². The molecule has 0 aliphatic carbocycles. The second-order valence-corrected chi connectivity index (χ2v) is 5.91. The van der Waals surface area contributed by atoms with Crippen molar-refractivity contribution < 1.29 is 0 Å². The van der Waals surface area contributed by atoms with Gasteiger partial charge in [-0.2, -0.15) is 0 Å². The van der Waals surface area contributed by atoms with Crippen molar-refractivity contribution in [2.75, 3.05) is 0 Å². The van der Waals surface area contributed by atoms with Crippen molar-refractivity contribution in [3.05, 3.63) is 71.3 Å². The number of hydrogen-bond donors (Lipinski definition) is 0. The lowest BCUT2D eigenvalue weighted by Gasteiger charge is -2.04. The van der Waals surface area contributed by atoms with Gasteiger partial charge in [-0.1, -0.05) is 83.4 Å². The normalized spacial score (nSPS) is 10.7. The maximum absolute atomic E-state index is 3.52. The third-order valence-electron chi connectivity index (χ3n) is 3.67. The average molecular weight is 331 g/mol. The highest BCUT2D eigenvalue weighted by Gasteiger charge is 1.97. The van der Waals surface area contributed by atoms with Crippen LogP contribution >= 0.6 is 15.9 Å². The standard InChI is InChI=1S/C19H23Br/c20-16-19-14-8-13-18(15-19)12-5-2-1-4-9-17-10-6-3-7-11-17/h3,6-8,10-11,13-15H,1-2,4-5,9,12,16H2. The molecule has 1 heteroatoms. The Morgan fingerprint density at radius 1 is 0.600 bits per heavy atom. The van der Waals surface area contributed by atoms with Gasteiger partial charge >= 0.3 is 0 Å². The number of halogens is 1. The predicted octanol–water partition coefficient (Wildman–Crippen LogP) is 5.93. The van der Waals surface area contributed by atoms with E-state index in [-0.39, 0.29) is 0 Å². The lowest BCUT2D eigenvalue weighted by molar-refractivity contribution is 0.640. The fourth-order valence-electron chi connectivity index (χ4n) is 2.52. The minimum Gasteiger partial charge on any atom is -0.0876 e. The van der Waals surface area contributed by atoms with Gasteiger partial charge in [0.1, 0.15) is 0 Å². The van der Waals surface area contributed by atoms with E-state index in [1.807, 2.05) is 0 Å². The molecule has 0 saturated heterocycles. The molecule has 0 nitrogen and oxygen atoms in total. The highest BCUT2D eigenvalue weighted by atomic mass is 79.9. The van der Waals surface area contributed by atoms with Gasteiger partial charge in [-0.25, -0.2) is 0 Å². The van der Waals surface area contributed by atoms with Crippen LogP contribution in [0.3, 0.4) is 0 Å². The molecule has 0 bridgehead atoms. The molecule has 0 heterocycles. The zero-order chi connectivity index (χ0) is 14.0. The summed E-state index contributed by atoms with van der Waals surface area (Å²) in [5.41, 5.74) is 4.33. The third kappa shape index (κ3) is 5.50. The molecule has 2 aromatic carbocycles. The van der Waals surface area contributed by atoms with Crippen LogP contribution in [0.1, 0.15) is 42.4 Å². The van der Waals surface area contributed by atoms with E-state index in [2.05, 4.69) is 70.5 Å². The number of alkyl halides is 1. The summed E-state index contributed by atoms with van der Waals surface area (Å²) >= 11 is 3.52. The van der Waals surface area contributed by atoms with Gasteiger partial charge in [-0.3, -0.25) is 0 Å². The lowest BCUT2D eigenvalue weighted by atomic mass is 10.0. The molecule has 106 valence electrons. The predicted molar refractivity (Wildman–Crippen MR) is 91.4 cm³/mol. The highest BCUT2D eigenvalue weighted by Crippen LogP contribution is 2.13. The fraction of sp³-hybridized carbons (Fsp3) is 0.368. The van der Waals surface area contributed by atoms with Crippen LogP contribution < -0.4 is 0 Å². The second kappa shape index (κ2) is 8.97. The van der Waals surface area contributed by atoms with E-state index in [0.29, 0.717) is 0 Å². The maximum Gasteiger partial charge on any atom is 0.0283 e. The maximum atomic E-state index is 3.52. The molecule has 2 aromatic rings. The average Bonchev–Trinajstić information content (AvgIpc) is 2.52. The summed E-state index contributed by atoms with van der Waals surface area (Å²) in [5.74, 6) is 0. The van der Waals surface area contributed by atoms with Crippen molar-refractivity contribution in [3.63, 3.8) is 0 Å². The Kier molecular flexibility index (Phi) is 6.86. The number of benzene rings is 2. The molecule has 0 radical (unpaired) electrons. The van der Waals surface area contributed by atoms with Crippen molar-refractivity contribution in [2.24, 2.45) is 0 Å². The molecule has 0 aliphatic heterocycles. The highest BCUT2D eigenvalue weighted by molar-refractivity contribution is 9.08. The first kappa shape index (κ1) is 15.3. The molecule has 0 amide bonds. The van der Waals surface area contributed by atoms with E-state index in [0.717, 1.165) is 5.33 Å². The number of rotatable bonds is 8. The summed E-state index contributed by atoms with van der Waals surface area (Å²) in [4.78, 5) is 0. The second-order valence-electron chi connectivity index (χ2n) is 5.35. The van der Waals surface area contributed by atoms with E-state index in [4.69, 9.17) is 0 Å². The minimum atomic E-state index is 0.956. The summed E-state index contributed by atoms with van der Waals surface area (Å²) < 4.78 is 0. The zero-order valence-corrected chi connectivity index (χ0v) is 13.6. The van der Waals surface area contributed by atoms with Gasteiger partial charge in [0.25, 0.3) is 0 Å². The van der Waals surface area contributed by atoms with E-state index < -0.39 is 0 Å². The molecular weight excluding hydrogens is 308 g/mol. The Hall–Kier alpha value is -1.08. The van der Waals surface area contributed by atoms with Crippen LogP contribution in [-0.4, -0.2) is 0 Å². The minimum absolute atomic E-state index is 0.956. The Bertz CT molecular complexity index is 490. The summed E-state index contributed by atoms with van der Waals surface area (Å²) in [5, 5.41) is 0.956. The summed E-state index contributed by atoms with van der Waals surface area (Å²) in [6, 6.07) is 19.7. The van der Waals surface area contributed by atoms with Crippen molar-refractivity contribution >= 4 is 15.9 Å². The summed E-state index contributed by atoms with van der Waals surface area (Å²) in [6.07, 6.45) is 7.73. The van der Waals surface area contributed by atoms with Crippen LogP contribution in [0.5, 0.6) is 0 Å². The first-order chi connectivity index (χ1) is 9.88. The van der Waals surface area contributed by atoms with E-state index in [1.165, 1.54) is 55.2 Å². The summed E-state index contributed by atoms with van der Waals surface area (Å²) in [7, 11) is 0. The molecule has 0 fully saturated rings. The number of hydrogen-bond acceptors (Lipinski definition) is 0. The van der Waals surface area contributed by atoms with Crippen LogP contribution in [0.25, 0.3) is 0 Å². The zero-order valence-electron chi connectivity index (χ0n) is 12.0. The number of unbranched alkanes of at least 4 members (excludes halogenated alkanes) is 3. The van der Waals surface area contributed by atoms with E-state index >= 15 is 0 Å². The summed E-state index contributed by atoms with van der Waals surface area (Å²) in [6.45, 7) is 0. The molecule has 0 atom stereocenters. The SMILES string of the molecule is BrCc1cccc(CCCCCCc2ccccc2)c1. The van der Waals surface area contributed by atoms with Gasteiger partial charge in [-0.15, -0.1) is 0 Å². The van der Waals surface area contributed by atoms with Crippen LogP contribution in [0, 0.1) is 0 Å². The first-order valence-electron chi connectivity index (χ1n) is 7.56. The molecule has 2 rings (SSSR count). The Morgan fingerprint density at radius 3 is 1.90 bits per heavy atom. The molecule has 0 aliphatic rings. The van der Waals surface area contributed by atoms with Crippen molar-refractivity contribution in [1.29, 1.82) is 0 Å². The van der Waals surface area contributed by atoms with Gasteiger partial charge in [0, 0.05) is 5.33 Å². The quantitative estimate of drug-likeness (QED) is 0.415. The van der Waals surface area contributed by atoms with Crippen LogP contribution in [0.2, 0.25) is 0 Å². The molecule has 0 aromatic heterocycles. The van der Waals surface area contributed by atoms with Gasteiger partial charge in [0.2, 0.25) is 0 Å². The molecule has 0 spiro atoms. The monoisotopic (exact) mass is 330 g/mol. The van der Waals surface area contributed by atoms with Crippen molar-refractivity contribution in [1.82, 2.24) is 0 Å². The Labute approximate surface area is 131 Å². The van der Waals surface area contributed by atoms with Gasteiger partial charge in [-0.05, 0) is 42.4 Å². The fourth-order valence-corrected chi connectivity index (χ4v) is 2.87. The van der Waals surface area contributed by atoms with Crippen molar-refractivity contribution in [3.8, 4) is 0 Å². The molecule has 0 saturated carbocycles. The third-order valence-corrected chi connectivity index (χ3v) is 4.32. The van der Waals surface area contributed by atoms with Gasteiger partial charge in [0.15, 0.2) is 0 Å². The van der Waals surface area contributed by atoms with Crippen LogP contribution in [0.15, 0.2) is 54.6 Å². The van der Waals surface area contributed by atoms with Crippen molar-refractivity contribution in [2.45, 2.75) is 43.9 Å². The van der Waals surface area contributed by atoms with Crippen LogP contribution in [0.4, 0.5) is 0 Å². The Balaban J connectivity index is 1.59. The molecule has 0 N–H and O–H groups in total. The Morgan fingerprint density at radius 2 is 1.20 bits per heavy atom. The first-order valence-corrected chi connectivity index (χ1v) is 8.68. The number of aryl methyl sites for hydroxylation is 2. The van der Waals surface area contributed by atoms with E-state index in [9.17, 15) is 0 Å². The largest absolute Gasteiger partial charge is 0.0876 e. The van der Waals surface area contributed by atoms with E-state index in [1.54, 1.807) is 0 Å². The molecule has 20 heavy (non-hydrogen) atoms. The molecule has 0 unspecified atom stereocenters. The lowest BCUT2D eigenvalue weighted by Crippen LogP contribution is -1.89. The van der Waals surface area contributed by atoms with Gasteiger partial charge < -0.3 is 0 Å². The molecular formula is C19H23Br. The topological polar surface area (TPSA) is 0 Å². The smallest absolute Gasteiger partial charge is 0.0283 e.